The van der Waals surface area contributed by atoms with Crippen LogP contribution in [0.15, 0.2) is 72.8 Å². The molecular weight excluding hydrogens is 326 g/mol. The Morgan fingerprint density at radius 3 is 2.07 bits per heavy atom. The third-order valence-electron chi connectivity index (χ3n) is 5.14. The van der Waals surface area contributed by atoms with Crippen LogP contribution in [0.5, 0.6) is 0 Å². The zero-order chi connectivity index (χ0) is 19.0. The van der Waals surface area contributed by atoms with Crippen LogP contribution in [0.1, 0.15) is 36.5 Å². The minimum absolute atomic E-state index is 0.550. The van der Waals surface area contributed by atoms with Gasteiger partial charge in [-0.1, -0.05) is 73.5 Å². The first kappa shape index (κ1) is 17.5. The molecule has 0 spiro atoms. The number of pyridine rings is 1. The highest BCUT2D eigenvalue weighted by Gasteiger charge is 2.08. The van der Waals surface area contributed by atoms with E-state index in [0.29, 0.717) is 5.92 Å². The molecule has 0 aliphatic heterocycles. The standard InChI is InChI=1S/C26H25N/c1-17(2)20-8-10-21(11-9-20)23-6-5-7-26-24(23)12-13-25(27-26)22-15-18(3)14-19(4)16-22/h5-17H,1-4H3. The Hall–Kier alpha value is -2.93. The number of hydrogen-bond acceptors (Lipinski definition) is 1. The zero-order valence-electron chi connectivity index (χ0n) is 16.5. The van der Waals surface area contributed by atoms with Crippen LogP contribution in [0.25, 0.3) is 33.3 Å². The lowest BCUT2D eigenvalue weighted by Gasteiger charge is -2.11. The molecule has 134 valence electrons. The molecule has 0 saturated carbocycles. The van der Waals surface area contributed by atoms with Crippen molar-refractivity contribution in [2.45, 2.75) is 33.6 Å². The lowest BCUT2D eigenvalue weighted by molar-refractivity contribution is 0.867. The van der Waals surface area contributed by atoms with E-state index in [2.05, 4.69) is 100 Å². The van der Waals surface area contributed by atoms with Crippen molar-refractivity contribution in [1.29, 1.82) is 0 Å². The SMILES string of the molecule is Cc1cc(C)cc(-c2ccc3c(-c4ccc(C(C)C)cc4)cccc3n2)c1. The van der Waals surface area contributed by atoms with Crippen molar-refractivity contribution in [3.05, 3.63) is 89.5 Å². The van der Waals surface area contributed by atoms with E-state index in [1.54, 1.807) is 0 Å². The maximum absolute atomic E-state index is 4.96. The Morgan fingerprint density at radius 2 is 1.41 bits per heavy atom. The zero-order valence-corrected chi connectivity index (χ0v) is 16.5. The molecule has 0 saturated heterocycles. The number of nitrogens with zero attached hydrogens (tertiary/aromatic N) is 1. The van der Waals surface area contributed by atoms with Gasteiger partial charge in [-0.2, -0.15) is 0 Å². The number of aromatic nitrogens is 1. The number of benzene rings is 3. The van der Waals surface area contributed by atoms with Gasteiger partial charge in [0.2, 0.25) is 0 Å². The predicted octanol–water partition coefficient (Wildman–Crippen LogP) is 7.31. The van der Waals surface area contributed by atoms with E-state index in [9.17, 15) is 0 Å². The van der Waals surface area contributed by atoms with Crippen molar-refractivity contribution in [3.63, 3.8) is 0 Å². The summed E-state index contributed by atoms with van der Waals surface area (Å²) in [6, 6.07) is 26.3. The maximum atomic E-state index is 4.96. The first-order valence-electron chi connectivity index (χ1n) is 9.60. The van der Waals surface area contributed by atoms with Gasteiger partial charge in [-0.3, -0.25) is 0 Å². The number of fused-ring (bicyclic) bond motifs is 1. The largest absolute Gasteiger partial charge is 0.248 e. The summed E-state index contributed by atoms with van der Waals surface area (Å²) in [5, 5.41) is 1.20. The van der Waals surface area contributed by atoms with Crippen molar-refractivity contribution in [2.75, 3.05) is 0 Å². The Balaban J connectivity index is 1.80. The van der Waals surface area contributed by atoms with Gasteiger partial charge < -0.3 is 0 Å². The van der Waals surface area contributed by atoms with Crippen molar-refractivity contribution in [3.8, 4) is 22.4 Å². The summed E-state index contributed by atoms with van der Waals surface area (Å²) >= 11 is 0. The molecule has 0 radical (unpaired) electrons. The van der Waals surface area contributed by atoms with E-state index in [1.165, 1.54) is 38.8 Å². The quantitative estimate of drug-likeness (QED) is 0.377. The van der Waals surface area contributed by atoms with Crippen molar-refractivity contribution in [2.24, 2.45) is 0 Å². The second kappa shape index (κ2) is 7.00. The summed E-state index contributed by atoms with van der Waals surface area (Å²) in [5.41, 5.74) is 9.64. The summed E-state index contributed by atoms with van der Waals surface area (Å²) in [5.74, 6) is 0.550. The average molecular weight is 351 g/mol. The molecule has 4 aromatic rings. The van der Waals surface area contributed by atoms with Crippen molar-refractivity contribution < 1.29 is 0 Å². The van der Waals surface area contributed by atoms with Gasteiger partial charge >= 0.3 is 0 Å². The molecule has 1 heteroatoms. The fourth-order valence-electron chi connectivity index (χ4n) is 3.74. The third-order valence-corrected chi connectivity index (χ3v) is 5.14. The molecule has 0 N–H and O–H groups in total. The number of hydrogen-bond donors (Lipinski definition) is 0. The summed E-state index contributed by atoms with van der Waals surface area (Å²) in [6.45, 7) is 8.73. The monoisotopic (exact) mass is 351 g/mol. The molecule has 27 heavy (non-hydrogen) atoms. The van der Waals surface area contributed by atoms with Gasteiger partial charge in [0.1, 0.15) is 0 Å². The van der Waals surface area contributed by atoms with Crippen LogP contribution < -0.4 is 0 Å². The molecule has 0 atom stereocenters. The summed E-state index contributed by atoms with van der Waals surface area (Å²) in [6.07, 6.45) is 0. The molecule has 1 heterocycles. The van der Waals surface area contributed by atoms with Gasteiger partial charge in [-0.05, 0) is 60.7 Å². The summed E-state index contributed by atoms with van der Waals surface area (Å²) < 4.78 is 0. The topological polar surface area (TPSA) is 12.9 Å². The van der Waals surface area contributed by atoms with Gasteiger partial charge in [-0.15, -0.1) is 0 Å². The molecule has 4 rings (SSSR count). The fraction of sp³-hybridized carbons (Fsp3) is 0.192. The lowest BCUT2D eigenvalue weighted by atomic mass is 9.96. The van der Waals surface area contributed by atoms with Crippen LogP contribution in [0, 0.1) is 13.8 Å². The molecule has 1 aromatic heterocycles. The third kappa shape index (κ3) is 3.50. The van der Waals surface area contributed by atoms with Crippen molar-refractivity contribution >= 4 is 10.9 Å². The van der Waals surface area contributed by atoms with E-state index in [0.717, 1.165) is 11.2 Å². The highest BCUT2D eigenvalue weighted by molar-refractivity contribution is 5.95. The summed E-state index contributed by atoms with van der Waals surface area (Å²) in [4.78, 5) is 4.96. The van der Waals surface area contributed by atoms with E-state index < -0.39 is 0 Å². The van der Waals surface area contributed by atoms with Crippen LogP contribution in [-0.2, 0) is 0 Å². The van der Waals surface area contributed by atoms with E-state index >= 15 is 0 Å². The molecule has 0 bridgehead atoms. The van der Waals surface area contributed by atoms with Gasteiger partial charge in [0.25, 0.3) is 0 Å². The first-order chi connectivity index (χ1) is 13.0. The minimum Gasteiger partial charge on any atom is -0.248 e. The highest BCUT2D eigenvalue weighted by Crippen LogP contribution is 2.31. The molecule has 0 aliphatic rings. The second-order valence-corrected chi connectivity index (χ2v) is 7.72. The molecule has 0 amide bonds. The second-order valence-electron chi connectivity index (χ2n) is 7.72. The van der Waals surface area contributed by atoms with E-state index in [1.807, 2.05) is 0 Å². The van der Waals surface area contributed by atoms with Crippen LogP contribution in [-0.4, -0.2) is 4.98 Å². The van der Waals surface area contributed by atoms with Crippen molar-refractivity contribution in [1.82, 2.24) is 4.98 Å². The lowest BCUT2D eigenvalue weighted by Crippen LogP contribution is -1.90. The molecule has 0 unspecified atom stereocenters. The van der Waals surface area contributed by atoms with Crippen LogP contribution >= 0.6 is 0 Å². The molecular formula is C26H25N. The van der Waals surface area contributed by atoms with Gasteiger partial charge in [0.05, 0.1) is 11.2 Å². The smallest absolute Gasteiger partial charge is 0.0715 e. The average Bonchev–Trinajstić information content (AvgIpc) is 2.66. The molecule has 1 nitrogen and oxygen atoms in total. The Kier molecular flexibility index (Phi) is 4.53. The fourth-order valence-corrected chi connectivity index (χ4v) is 3.74. The van der Waals surface area contributed by atoms with Gasteiger partial charge in [0.15, 0.2) is 0 Å². The predicted molar refractivity (Wildman–Crippen MR) is 116 cm³/mol. The number of rotatable bonds is 3. The molecule has 0 fully saturated rings. The normalized spacial score (nSPS) is 11.3. The first-order valence-corrected chi connectivity index (χ1v) is 9.60. The van der Waals surface area contributed by atoms with Crippen LogP contribution in [0.2, 0.25) is 0 Å². The number of aryl methyl sites for hydroxylation is 2. The van der Waals surface area contributed by atoms with Crippen LogP contribution in [0.4, 0.5) is 0 Å². The maximum Gasteiger partial charge on any atom is 0.0715 e. The molecule has 3 aromatic carbocycles. The Morgan fingerprint density at radius 1 is 0.704 bits per heavy atom. The van der Waals surface area contributed by atoms with Crippen LogP contribution in [0.3, 0.4) is 0 Å². The Bertz CT molecular complexity index is 1080. The van der Waals surface area contributed by atoms with Gasteiger partial charge in [0, 0.05) is 10.9 Å². The van der Waals surface area contributed by atoms with E-state index in [4.69, 9.17) is 4.98 Å². The highest BCUT2D eigenvalue weighted by atomic mass is 14.7. The Labute approximate surface area is 161 Å². The minimum atomic E-state index is 0.550. The van der Waals surface area contributed by atoms with E-state index in [-0.39, 0.29) is 0 Å². The van der Waals surface area contributed by atoms with Gasteiger partial charge in [-0.25, -0.2) is 4.98 Å². The summed E-state index contributed by atoms with van der Waals surface area (Å²) in [7, 11) is 0. The molecule has 0 aliphatic carbocycles.